The predicted octanol–water partition coefficient (Wildman–Crippen LogP) is 3.19. The van der Waals surface area contributed by atoms with E-state index in [4.69, 9.17) is 4.74 Å². The summed E-state index contributed by atoms with van der Waals surface area (Å²) in [6.45, 7) is 3.54. The minimum absolute atomic E-state index is 0.0350. The zero-order valence-corrected chi connectivity index (χ0v) is 18.6. The molecule has 0 spiro atoms. The molecule has 8 nitrogen and oxygen atoms in total. The highest BCUT2D eigenvalue weighted by atomic mass is 32.2. The minimum Gasteiger partial charge on any atom is -0.497 e. The molecule has 0 bridgehead atoms. The molecule has 2 amide bonds. The van der Waals surface area contributed by atoms with Gasteiger partial charge in [0.2, 0.25) is 0 Å². The summed E-state index contributed by atoms with van der Waals surface area (Å²) in [7, 11) is -2.41. The summed E-state index contributed by atoms with van der Waals surface area (Å²) in [5, 5.41) is 0. The molecule has 0 unspecified atom stereocenters. The zero-order chi connectivity index (χ0) is 23.3. The number of methoxy groups -OCH3 is 1. The number of hydrogen-bond acceptors (Lipinski definition) is 5. The van der Waals surface area contributed by atoms with Gasteiger partial charge in [-0.2, -0.15) is 0 Å². The van der Waals surface area contributed by atoms with E-state index in [2.05, 4.69) is 15.6 Å². The lowest BCUT2D eigenvalue weighted by molar-refractivity contribution is 0.0846. The van der Waals surface area contributed by atoms with E-state index < -0.39 is 21.8 Å². The van der Waals surface area contributed by atoms with Crippen molar-refractivity contribution in [3.8, 4) is 5.75 Å². The maximum atomic E-state index is 12.9. The van der Waals surface area contributed by atoms with Crippen LogP contribution in [0.5, 0.6) is 5.75 Å². The number of nitrogens with one attached hydrogen (secondary N) is 3. The van der Waals surface area contributed by atoms with Crippen LogP contribution in [0.1, 0.15) is 31.8 Å². The van der Waals surface area contributed by atoms with E-state index in [1.165, 1.54) is 25.3 Å². The molecule has 3 N–H and O–H groups in total. The Kier molecular flexibility index (Phi) is 6.79. The first-order valence-corrected chi connectivity index (χ1v) is 11.1. The monoisotopic (exact) mass is 453 g/mol. The fraction of sp³-hybridized carbons (Fsp3) is 0.130. The molecular weight excluding hydrogens is 430 g/mol. The summed E-state index contributed by atoms with van der Waals surface area (Å²) in [6, 6.07) is 17.5. The molecule has 32 heavy (non-hydrogen) atoms. The number of anilines is 1. The minimum atomic E-state index is -3.92. The maximum Gasteiger partial charge on any atom is 0.269 e. The highest BCUT2D eigenvalue weighted by molar-refractivity contribution is 7.92. The molecule has 9 heteroatoms. The molecule has 0 aromatic heterocycles. The van der Waals surface area contributed by atoms with E-state index in [0.29, 0.717) is 22.6 Å². The molecule has 0 saturated carbocycles. The Bertz CT molecular complexity index is 1240. The summed E-state index contributed by atoms with van der Waals surface area (Å²) >= 11 is 0. The van der Waals surface area contributed by atoms with Crippen LogP contribution in [0.4, 0.5) is 5.69 Å². The maximum absolute atomic E-state index is 12.9. The van der Waals surface area contributed by atoms with Crippen LogP contribution >= 0.6 is 0 Å². The van der Waals surface area contributed by atoms with Gasteiger partial charge >= 0.3 is 0 Å². The SMILES string of the molecule is COc1ccc(C(=O)NNC(=O)c2ccc(C)c(S(=O)(=O)Nc3ccc(C)cc3)c2)cc1. The van der Waals surface area contributed by atoms with Gasteiger partial charge in [0.1, 0.15) is 5.75 Å². The number of hydrazine groups is 1. The van der Waals surface area contributed by atoms with E-state index in [1.807, 2.05) is 6.92 Å². The van der Waals surface area contributed by atoms with Crippen LogP contribution in [0.3, 0.4) is 0 Å². The molecule has 0 aliphatic rings. The van der Waals surface area contributed by atoms with Crippen LogP contribution in [-0.4, -0.2) is 27.3 Å². The van der Waals surface area contributed by atoms with Crippen molar-refractivity contribution in [3.63, 3.8) is 0 Å². The van der Waals surface area contributed by atoms with Crippen molar-refractivity contribution in [1.82, 2.24) is 10.9 Å². The molecule has 0 heterocycles. The molecule has 166 valence electrons. The first kappa shape index (κ1) is 22.8. The Morgan fingerprint density at radius 2 is 1.34 bits per heavy atom. The lowest BCUT2D eigenvalue weighted by Crippen LogP contribution is -2.41. The molecule has 0 aliphatic carbocycles. The first-order chi connectivity index (χ1) is 15.2. The molecule has 3 rings (SSSR count). The molecular formula is C23H23N3O5S. The number of aryl methyl sites for hydroxylation is 2. The van der Waals surface area contributed by atoms with Crippen molar-refractivity contribution in [3.05, 3.63) is 89.0 Å². The third-order valence-corrected chi connectivity index (χ3v) is 6.21. The summed E-state index contributed by atoms with van der Waals surface area (Å²) in [5.74, 6) is -0.584. The van der Waals surface area contributed by atoms with Gasteiger partial charge in [0.25, 0.3) is 21.8 Å². The highest BCUT2D eigenvalue weighted by Gasteiger charge is 2.20. The van der Waals surface area contributed by atoms with Crippen molar-refractivity contribution in [2.24, 2.45) is 0 Å². The van der Waals surface area contributed by atoms with Crippen molar-refractivity contribution in [2.45, 2.75) is 18.7 Å². The lowest BCUT2D eigenvalue weighted by Gasteiger charge is -2.13. The van der Waals surface area contributed by atoms with Gasteiger partial charge in [-0.05, 0) is 67.9 Å². The van der Waals surface area contributed by atoms with Gasteiger partial charge in [0.15, 0.2) is 0 Å². The Morgan fingerprint density at radius 1 is 0.781 bits per heavy atom. The average molecular weight is 454 g/mol. The second-order valence-corrected chi connectivity index (χ2v) is 8.74. The Hall–Kier alpha value is -3.85. The predicted molar refractivity (Wildman–Crippen MR) is 121 cm³/mol. The third kappa shape index (κ3) is 5.44. The first-order valence-electron chi connectivity index (χ1n) is 9.64. The summed E-state index contributed by atoms with van der Waals surface area (Å²) in [6.07, 6.45) is 0. The van der Waals surface area contributed by atoms with Crippen molar-refractivity contribution < 1.29 is 22.7 Å². The van der Waals surface area contributed by atoms with Crippen LogP contribution in [0.25, 0.3) is 0 Å². The number of ether oxygens (including phenoxy) is 1. The van der Waals surface area contributed by atoms with Gasteiger partial charge in [-0.3, -0.25) is 25.2 Å². The topological polar surface area (TPSA) is 114 Å². The van der Waals surface area contributed by atoms with Crippen LogP contribution in [-0.2, 0) is 10.0 Å². The molecule has 0 aliphatic heterocycles. The van der Waals surface area contributed by atoms with Gasteiger partial charge in [-0.15, -0.1) is 0 Å². The van der Waals surface area contributed by atoms with Gasteiger partial charge < -0.3 is 4.74 Å². The number of carbonyl (C=O) groups excluding carboxylic acids is 2. The van der Waals surface area contributed by atoms with Crippen LogP contribution in [0.15, 0.2) is 71.6 Å². The van der Waals surface area contributed by atoms with Crippen LogP contribution in [0.2, 0.25) is 0 Å². The second-order valence-electron chi connectivity index (χ2n) is 7.09. The molecule has 3 aromatic carbocycles. The van der Waals surface area contributed by atoms with Crippen molar-refractivity contribution >= 4 is 27.5 Å². The van der Waals surface area contributed by atoms with Crippen LogP contribution < -0.4 is 20.3 Å². The van der Waals surface area contributed by atoms with Crippen LogP contribution in [0, 0.1) is 13.8 Å². The molecule has 3 aromatic rings. The fourth-order valence-corrected chi connectivity index (χ4v) is 4.19. The summed E-state index contributed by atoms with van der Waals surface area (Å²) in [4.78, 5) is 24.7. The van der Waals surface area contributed by atoms with E-state index in [0.717, 1.165) is 5.56 Å². The normalized spacial score (nSPS) is 10.8. The van der Waals surface area contributed by atoms with Gasteiger partial charge in [0, 0.05) is 16.8 Å². The van der Waals surface area contributed by atoms with Gasteiger partial charge in [-0.1, -0.05) is 23.8 Å². The summed E-state index contributed by atoms with van der Waals surface area (Å²) in [5.41, 5.74) is 6.89. The van der Waals surface area contributed by atoms with Crippen molar-refractivity contribution in [2.75, 3.05) is 11.8 Å². The van der Waals surface area contributed by atoms with E-state index >= 15 is 0 Å². The fourth-order valence-electron chi connectivity index (χ4n) is 2.86. The molecule has 0 fully saturated rings. The van der Waals surface area contributed by atoms with E-state index in [9.17, 15) is 18.0 Å². The smallest absolute Gasteiger partial charge is 0.269 e. The Morgan fingerprint density at radius 3 is 1.94 bits per heavy atom. The number of rotatable bonds is 6. The van der Waals surface area contributed by atoms with E-state index in [1.54, 1.807) is 55.5 Å². The molecule has 0 radical (unpaired) electrons. The zero-order valence-electron chi connectivity index (χ0n) is 17.8. The average Bonchev–Trinajstić information content (AvgIpc) is 2.78. The third-order valence-electron chi connectivity index (χ3n) is 4.69. The Balaban J connectivity index is 1.72. The Labute approximate surface area is 186 Å². The van der Waals surface area contributed by atoms with E-state index in [-0.39, 0.29) is 10.5 Å². The molecule has 0 atom stereocenters. The number of hydrogen-bond donors (Lipinski definition) is 3. The lowest BCUT2D eigenvalue weighted by atomic mass is 10.1. The van der Waals surface area contributed by atoms with Gasteiger partial charge in [-0.25, -0.2) is 8.42 Å². The summed E-state index contributed by atoms with van der Waals surface area (Å²) < 4.78 is 33.3. The number of sulfonamides is 1. The molecule has 0 saturated heterocycles. The van der Waals surface area contributed by atoms with Gasteiger partial charge in [0.05, 0.1) is 12.0 Å². The second kappa shape index (κ2) is 9.52. The largest absolute Gasteiger partial charge is 0.497 e. The number of amides is 2. The standard InChI is InChI=1S/C23H23N3O5S/c1-15-4-10-19(11-5-15)26-32(29,30)21-14-18(7-6-16(21)2)23(28)25-24-22(27)17-8-12-20(31-3)13-9-17/h4-14,26H,1-3H3,(H,24,27)(H,25,28). The highest BCUT2D eigenvalue weighted by Crippen LogP contribution is 2.21. The quantitative estimate of drug-likeness (QED) is 0.496. The number of benzene rings is 3. The number of carbonyl (C=O) groups is 2. The van der Waals surface area contributed by atoms with Crippen molar-refractivity contribution in [1.29, 1.82) is 0 Å².